The van der Waals surface area contributed by atoms with Gasteiger partial charge in [-0.3, -0.25) is 4.79 Å². The molecule has 0 aliphatic heterocycles. The zero-order valence-electron chi connectivity index (χ0n) is 14.5. The molecule has 1 unspecified atom stereocenters. The number of carboxylic acid groups (broad SMARTS) is 1. The number of nitrogens with one attached hydrogen (secondary N) is 1. The Morgan fingerprint density at radius 1 is 1.12 bits per heavy atom. The summed E-state index contributed by atoms with van der Waals surface area (Å²) in [6, 6.07) is 10.8. The first-order chi connectivity index (χ1) is 12.5. The van der Waals surface area contributed by atoms with Crippen molar-refractivity contribution >= 4 is 23.5 Å². The van der Waals surface area contributed by atoms with Crippen LogP contribution in [0.3, 0.4) is 0 Å². The van der Waals surface area contributed by atoms with Crippen molar-refractivity contribution in [1.82, 2.24) is 5.32 Å². The summed E-state index contributed by atoms with van der Waals surface area (Å²) in [5.41, 5.74) is 1.25. The molecule has 0 fully saturated rings. The number of aryl methyl sites for hydroxylation is 1. The van der Waals surface area contributed by atoms with Crippen LogP contribution in [0, 0.1) is 0 Å². The van der Waals surface area contributed by atoms with E-state index < -0.39 is 12.0 Å². The molecule has 1 atom stereocenters. The lowest BCUT2D eigenvalue weighted by Crippen LogP contribution is -2.33. The highest BCUT2D eigenvalue weighted by molar-refractivity contribution is 6.32. The molecule has 6 nitrogen and oxygen atoms in total. The lowest BCUT2D eigenvalue weighted by Gasteiger charge is -2.16. The molecule has 2 rings (SSSR count). The molecular weight excluding hydrogens is 358 g/mol. The highest BCUT2D eigenvalue weighted by Crippen LogP contribution is 2.28. The van der Waals surface area contributed by atoms with Crippen LogP contribution in [0.1, 0.15) is 23.6 Å². The molecule has 138 valence electrons. The summed E-state index contributed by atoms with van der Waals surface area (Å²) in [6.45, 7) is 0. The van der Waals surface area contributed by atoms with Crippen molar-refractivity contribution in [2.24, 2.45) is 0 Å². The molecule has 2 aromatic rings. The smallest absolute Gasteiger partial charge is 0.330 e. The number of hydrogen-bond donors (Lipinski definition) is 2. The monoisotopic (exact) mass is 377 g/mol. The first kappa shape index (κ1) is 19.6. The van der Waals surface area contributed by atoms with E-state index in [9.17, 15) is 14.7 Å². The first-order valence-corrected chi connectivity index (χ1v) is 8.31. The Kier molecular flexibility index (Phi) is 6.86. The maximum absolute atomic E-state index is 12.2. The van der Waals surface area contributed by atoms with Gasteiger partial charge in [-0.1, -0.05) is 35.9 Å². The van der Waals surface area contributed by atoms with Crippen molar-refractivity contribution in [1.29, 1.82) is 0 Å². The molecule has 1 amide bonds. The summed E-state index contributed by atoms with van der Waals surface area (Å²) in [5, 5.41) is 12.3. The lowest BCUT2D eigenvalue weighted by atomic mass is 10.1. The molecule has 0 saturated carbocycles. The summed E-state index contributed by atoms with van der Waals surface area (Å²) >= 11 is 6.04. The maximum Gasteiger partial charge on any atom is 0.330 e. The Labute approximate surface area is 156 Å². The van der Waals surface area contributed by atoms with Crippen molar-refractivity contribution < 1.29 is 24.2 Å². The normalized spacial score (nSPS) is 11.5. The van der Waals surface area contributed by atoms with E-state index in [1.165, 1.54) is 13.2 Å². The number of carbonyl (C=O) groups excluding carboxylic acids is 1. The van der Waals surface area contributed by atoms with Crippen LogP contribution in [0.15, 0.2) is 42.5 Å². The molecule has 0 heterocycles. The Balaban J connectivity index is 2.06. The van der Waals surface area contributed by atoms with E-state index in [2.05, 4.69) is 5.32 Å². The van der Waals surface area contributed by atoms with Crippen LogP contribution in [-0.2, 0) is 16.0 Å². The molecule has 2 N–H and O–H groups in total. The molecule has 0 bridgehead atoms. The lowest BCUT2D eigenvalue weighted by molar-refractivity contribution is -0.142. The molecule has 0 saturated heterocycles. The van der Waals surface area contributed by atoms with Crippen molar-refractivity contribution in [3.63, 3.8) is 0 Å². The summed E-state index contributed by atoms with van der Waals surface area (Å²) in [4.78, 5) is 23.8. The number of methoxy groups -OCH3 is 2. The van der Waals surface area contributed by atoms with E-state index in [1.807, 2.05) is 24.3 Å². The van der Waals surface area contributed by atoms with Crippen molar-refractivity contribution in [2.45, 2.75) is 18.9 Å². The number of ether oxygens (including phenoxy) is 2. The number of aliphatic carboxylic acids is 1. The van der Waals surface area contributed by atoms with Crippen LogP contribution < -0.4 is 14.8 Å². The molecule has 2 aromatic carbocycles. The second-order valence-corrected chi connectivity index (χ2v) is 5.95. The first-order valence-electron chi connectivity index (χ1n) is 7.93. The Morgan fingerprint density at radius 2 is 1.81 bits per heavy atom. The minimum absolute atomic E-state index is 0.133. The van der Waals surface area contributed by atoms with Gasteiger partial charge in [0.05, 0.1) is 19.2 Å². The van der Waals surface area contributed by atoms with E-state index >= 15 is 0 Å². The average Bonchev–Trinajstić information content (AvgIpc) is 2.64. The Hall–Kier alpha value is -2.73. The molecule has 7 heteroatoms. The largest absolute Gasteiger partial charge is 0.496 e. The molecule has 0 aromatic heterocycles. The van der Waals surface area contributed by atoms with E-state index in [0.29, 0.717) is 23.5 Å². The predicted molar refractivity (Wildman–Crippen MR) is 97.8 cm³/mol. The predicted octanol–water partition coefficient (Wildman–Crippen LogP) is 3.23. The van der Waals surface area contributed by atoms with Crippen LogP contribution in [0.2, 0.25) is 5.02 Å². The Morgan fingerprint density at radius 3 is 2.42 bits per heavy atom. The van der Waals surface area contributed by atoms with Crippen LogP contribution >= 0.6 is 11.6 Å². The van der Waals surface area contributed by atoms with Crippen LogP contribution in [0.25, 0.3) is 0 Å². The third-order valence-corrected chi connectivity index (χ3v) is 4.17. The fraction of sp³-hybridized carbons (Fsp3) is 0.263. The summed E-state index contributed by atoms with van der Waals surface area (Å²) < 4.78 is 10.3. The van der Waals surface area contributed by atoms with E-state index in [-0.39, 0.29) is 17.4 Å². The Bertz CT molecular complexity index is 793. The van der Waals surface area contributed by atoms with Gasteiger partial charge in [0.2, 0.25) is 5.91 Å². The van der Waals surface area contributed by atoms with Crippen LogP contribution in [0.4, 0.5) is 0 Å². The van der Waals surface area contributed by atoms with Crippen molar-refractivity contribution in [3.8, 4) is 11.5 Å². The molecular formula is C19H20ClNO5. The number of para-hydroxylation sites is 1. The second-order valence-electron chi connectivity index (χ2n) is 5.54. The van der Waals surface area contributed by atoms with Gasteiger partial charge in [-0.05, 0) is 35.7 Å². The quantitative estimate of drug-likeness (QED) is 0.737. The highest BCUT2D eigenvalue weighted by Gasteiger charge is 2.23. The van der Waals surface area contributed by atoms with Gasteiger partial charge in [0.25, 0.3) is 0 Å². The molecule has 0 aliphatic carbocycles. The van der Waals surface area contributed by atoms with E-state index in [4.69, 9.17) is 21.1 Å². The average molecular weight is 378 g/mol. The van der Waals surface area contributed by atoms with Crippen molar-refractivity contribution in [2.75, 3.05) is 14.2 Å². The SMILES string of the molecule is COc1ccc(C(NC(=O)CCc2ccccc2OC)C(=O)O)cc1Cl. The topological polar surface area (TPSA) is 84.9 Å². The molecule has 0 spiro atoms. The number of carboxylic acids is 1. The molecule has 0 radical (unpaired) electrons. The second kappa shape index (κ2) is 9.10. The third-order valence-electron chi connectivity index (χ3n) is 3.88. The number of halogens is 1. The number of amides is 1. The summed E-state index contributed by atoms with van der Waals surface area (Å²) in [6.07, 6.45) is 0.569. The van der Waals surface area contributed by atoms with Gasteiger partial charge >= 0.3 is 5.97 Å². The minimum atomic E-state index is -1.19. The highest BCUT2D eigenvalue weighted by atomic mass is 35.5. The van der Waals surface area contributed by atoms with Gasteiger partial charge in [-0.25, -0.2) is 4.79 Å². The van der Waals surface area contributed by atoms with Crippen LogP contribution in [0.5, 0.6) is 11.5 Å². The standard InChI is InChI=1S/C19H20ClNO5/c1-25-15-6-4-3-5-12(15)8-10-17(22)21-18(19(23)24)13-7-9-16(26-2)14(20)11-13/h3-7,9,11,18H,8,10H2,1-2H3,(H,21,22)(H,23,24). The van der Waals surface area contributed by atoms with Gasteiger partial charge in [0.15, 0.2) is 6.04 Å². The zero-order valence-corrected chi connectivity index (χ0v) is 15.2. The summed E-state index contributed by atoms with van der Waals surface area (Å²) in [7, 11) is 3.03. The van der Waals surface area contributed by atoms with Gasteiger partial charge in [0, 0.05) is 6.42 Å². The van der Waals surface area contributed by atoms with Gasteiger partial charge < -0.3 is 19.9 Å². The van der Waals surface area contributed by atoms with Gasteiger partial charge in [-0.2, -0.15) is 0 Å². The van der Waals surface area contributed by atoms with Gasteiger partial charge in [0.1, 0.15) is 11.5 Å². The molecule has 26 heavy (non-hydrogen) atoms. The van der Waals surface area contributed by atoms with E-state index in [0.717, 1.165) is 5.56 Å². The van der Waals surface area contributed by atoms with Crippen molar-refractivity contribution in [3.05, 3.63) is 58.6 Å². The number of benzene rings is 2. The zero-order chi connectivity index (χ0) is 19.1. The third kappa shape index (κ3) is 4.89. The minimum Gasteiger partial charge on any atom is -0.496 e. The number of hydrogen-bond acceptors (Lipinski definition) is 4. The fourth-order valence-corrected chi connectivity index (χ4v) is 2.81. The van der Waals surface area contributed by atoms with Crippen LogP contribution in [-0.4, -0.2) is 31.2 Å². The fourth-order valence-electron chi connectivity index (χ4n) is 2.54. The van der Waals surface area contributed by atoms with Gasteiger partial charge in [-0.15, -0.1) is 0 Å². The molecule has 0 aliphatic rings. The number of rotatable bonds is 8. The number of carbonyl (C=O) groups is 2. The maximum atomic E-state index is 12.2. The van der Waals surface area contributed by atoms with E-state index in [1.54, 1.807) is 19.2 Å². The summed E-state index contributed by atoms with van der Waals surface area (Å²) in [5.74, 6) is -0.425.